The molecule has 156 valence electrons. The highest BCUT2D eigenvalue weighted by Crippen LogP contribution is 2.63. The lowest BCUT2D eigenvalue weighted by molar-refractivity contribution is -0.251. The predicted octanol–water partition coefficient (Wildman–Crippen LogP) is 5.74. The SMILES string of the molecule is CCC1(OC(=O)C(C)(CC(C)(C)C)C(C)(C)C)C2CC3CC1CC(O)(C3)C2. The Hall–Kier alpha value is -0.570. The lowest BCUT2D eigenvalue weighted by atomic mass is 9.47. The van der Waals surface area contributed by atoms with Gasteiger partial charge in [-0.05, 0) is 68.6 Å². The van der Waals surface area contributed by atoms with E-state index in [4.69, 9.17) is 4.74 Å². The van der Waals surface area contributed by atoms with Crippen LogP contribution in [0.1, 0.15) is 100 Å². The molecule has 4 aliphatic carbocycles. The molecule has 3 nitrogen and oxygen atoms in total. The summed E-state index contributed by atoms with van der Waals surface area (Å²) in [6.07, 6.45) is 6.49. The normalized spacial score (nSPS) is 40.7. The quantitative estimate of drug-likeness (QED) is 0.635. The van der Waals surface area contributed by atoms with E-state index in [1.165, 1.54) is 0 Å². The van der Waals surface area contributed by atoms with Crippen LogP contribution in [0.15, 0.2) is 0 Å². The summed E-state index contributed by atoms with van der Waals surface area (Å²) in [6.45, 7) is 17.4. The Kier molecular flexibility index (Phi) is 4.87. The van der Waals surface area contributed by atoms with Gasteiger partial charge >= 0.3 is 5.97 Å². The van der Waals surface area contributed by atoms with Gasteiger partial charge in [-0.25, -0.2) is 0 Å². The summed E-state index contributed by atoms with van der Waals surface area (Å²) < 4.78 is 6.60. The summed E-state index contributed by atoms with van der Waals surface area (Å²) in [5, 5.41) is 11.0. The Balaban J connectivity index is 1.90. The van der Waals surface area contributed by atoms with E-state index in [9.17, 15) is 9.90 Å². The number of carbonyl (C=O) groups excluding carboxylic acids is 1. The second kappa shape index (κ2) is 6.21. The van der Waals surface area contributed by atoms with Crippen molar-refractivity contribution in [3.63, 3.8) is 0 Å². The molecule has 0 aromatic carbocycles. The zero-order valence-corrected chi connectivity index (χ0v) is 18.9. The number of hydrogen-bond acceptors (Lipinski definition) is 3. The van der Waals surface area contributed by atoms with Gasteiger partial charge < -0.3 is 9.84 Å². The van der Waals surface area contributed by atoms with Crippen molar-refractivity contribution in [1.82, 2.24) is 0 Å². The molecule has 0 aromatic rings. The summed E-state index contributed by atoms with van der Waals surface area (Å²) in [6, 6.07) is 0. The molecule has 4 bridgehead atoms. The van der Waals surface area contributed by atoms with Gasteiger partial charge in [0.25, 0.3) is 0 Å². The van der Waals surface area contributed by atoms with E-state index in [-0.39, 0.29) is 22.4 Å². The van der Waals surface area contributed by atoms with Gasteiger partial charge in [-0.2, -0.15) is 0 Å². The fraction of sp³-hybridized carbons (Fsp3) is 0.958. The molecule has 0 aliphatic heterocycles. The smallest absolute Gasteiger partial charge is 0.312 e. The minimum Gasteiger partial charge on any atom is -0.458 e. The molecule has 0 radical (unpaired) electrons. The molecule has 0 aromatic heterocycles. The number of ether oxygens (including phenoxy) is 1. The molecule has 3 unspecified atom stereocenters. The number of esters is 1. The van der Waals surface area contributed by atoms with Crippen LogP contribution in [-0.4, -0.2) is 22.3 Å². The fourth-order valence-corrected chi connectivity index (χ4v) is 6.82. The van der Waals surface area contributed by atoms with E-state index < -0.39 is 11.0 Å². The van der Waals surface area contributed by atoms with Crippen LogP contribution >= 0.6 is 0 Å². The second-order valence-corrected chi connectivity index (χ2v) is 12.6. The molecule has 0 saturated heterocycles. The lowest BCUT2D eigenvalue weighted by Gasteiger charge is -2.63. The topological polar surface area (TPSA) is 46.5 Å². The number of carbonyl (C=O) groups is 1. The first-order valence-electron chi connectivity index (χ1n) is 11.1. The first-order valence-corrected chi connectivity index (χ1v) is 11.1. The van der Waals surface area contributed by atoms with Crippen LogP contribution in [0.3, 0.4) is 0 Å². The van der Waals surface area contributed by atoms with Crippen LogP contribution < -0.4 is 0 Å². The van der Waals surface area contributed by atoms with Gasteiger partial charge in [0.2, 0.25) is 0 Å². The van der Waals surface area contributed by atoms with E-state index in [0.29, 0.717) is 17.8 Å². The predicted molar refractivity (Wildman–Crippen MR) is 109 cm³/mol. The van der Waals surface area contributed by atoms with Crippen LogP contribution in [0.4, 0.5) is 0 Å². The standard InChI is InChI=1S/C24H42O3/c1-9-24(17-10-16-11-18(24)14-23(26,12-16)13-17)27-19(25)22(8,21(5,6)7)15-20(2,3)4/h16-18,26H,9-15H2,1-8H3. The molecule has 3 atom stereocenters. The Morgan fingerprint density at radius 3 is 1.89 bits per heavy atom. The summed E-state index contributed by atoms with van der Waals surface area (Å²) in [5.41, 5.74) is -1.51. The summed E-state index contributed by atoms with van der Waals surface area (Å²) in [4.78, 5) is 13.7. The Labute approximate surface area is 166 Å². The highest BCUT2D eigenvalue weighted by atomic mass is 16.6. The average Bonchev–Trinajstić information content (AvgIpc) is 2.46. The van der Waals surface area contributed by atoms with Crippen molar-refractivity contribution in [2.24, 2.45) is 34.0 Å². The molecule has 4 aliphatic rings. The minimum atomic E-state index is -0.529. The Morgan fingerprint density at radius 1 is 1.00 bits per heavy atom. The third-order valence-corrected chi connectivity index (χ3v) is 8.36. The zero-order valence-electron chi connectivity index (χ0n) is 18.9. The highest BCUT2D eigenvalue weighted by molar-refractivity contribution is 5.78. The van der Waals surface area contributed by atoms with Crippen molar-refractivity contribution >= 4 is 5.97 Å². The Bertz CT molecular complexity index is 578. The molecule has 4 saturated carbocycles. The first-order chi connectivity index (χ1) is 12.1. The maximum Gasteiger partial charge on any atom is 0.312 e. The van der Waals surface area contributed by atoms with Crippen molar-refractivity contribution in [1.29, 1.82) is 0 Å². The third kappa shape index (κ3) is 3.47. The summed E-state index contributed by atoms with van der Waals surface area (Å²) in [7, 11) is 0. The monoisotopic (exact) mass is 378 g/mol. The molecule has 0 heterocycles. The van der Waals surface area contributed by atoms with Gasteiger partial charge in [0, 0.05) is 11.8 Å². The average molecular weight is 379 g/mol. The molecule has 27 heavy (non-hydrogen) atoms. The molecule has 0 spiro atoms. The van der Waals surface area contributed by atoms with E-state index in [2.05, 4.69) is 55.4 Å². The maximum atomic E-state index is 13.7. The minimum absolute atomic E-state index is 0.0220. The van der Waals surface area contributed by atoms with Gasteiger partial charge in [0.1, 0.15) is 5.60 Å². The van der Waals surface area contributed by atoms with E-state index in [0.717, 1.165) is 44.9 Å². The fourth-order valence-electron chi connectivity index (χ4n) is 6.82. The van der Waals surface area contributed by atoms with Crippen molar-refractivity contribution < 1.29 is 14.6 Å². The second-order valence-electron chi connectivity index (χ2n) is 12.6. The lowest BCUT2D eigenvalue weighted by Crippen LogP contribution is -2.65. The van der Waals surface area contributed by atoms with Crippen LogP contribution in [0, 0.1) is 34.0 Å². The van der Waals surface area contributed by atoms with Crippen LogP contribution in [-0.2, 0) is 9.53 Å². The van der Waals surface area contributed by atoms with Gasteiger partial charge in [-0.3, -0.25) is 4.79 Å². The molecule has 4 fully saturated rings. The Morgan fingerprint density at radius 2 is 1.52 bits per heavy atom. The largest absolute Gasteiger partial charge is 0.458 e. The van der Waals surface area contributed by atoms with Crippen molar-refractivity contribution in [3.05, 3.63) is 0 Å². The molecule has 4 rings (SSSR count). The van der Waals surface area contributed by atoms with Crippen molar-refractivity contribution in [2.75, 3.05) is 0 Å². The van der Waals surface area contributed by atoms with E-state index >= 15 is 0 Å². The number of hydrogen-bond donors (Lipinski definition) is 1. The number of rotatable bonds is 4. The summed E-state index contributed by atoms with van der Waals surface area (Å²) >= 11 is 0. The van der Waals surface area contributed by atoms with Crippen molar-refractivity contribution in [2.45, 2.75) is 112 Å². The van der Waals surface area contributed by atoms with Gasteiger partial charge in [-0.1, -0.05) is 48.5 Å². The first kappa shape index (κ1) is 21.1. The van der Waals surface area contributed by atoms with Crippen molar-refractivity contribution in [3.8, 4) is 0 Å². The van der Waals surface area contributed by atoms with Gasteiger partial charge in [0.15, 0.2) is 0 Å². The van der Waals surface area contributed by atoms with Gasteiger partial charge in [0.05, 0.1) is 11.0 Å². The molecule has 3 heteroatoms. The highest BCUT2D eigenvalue weighted by Gasteiger charge is 2.64. The summed E-state index contributed by atoms with van der Waals surface area (Å²) in [5.74, 6) is 1.24. The number of aliphatic hydroxyl groups is 1. The maximum absolute atomic E-state index is 13.7. The molecule has 1 N–H and O–H groups in total. The third-order valence-electron chi connectivity index (χ3n) is 8.36. The van der Waals surface area contributed by atoms with Crippen LogP contribution in [0.25, 0.3) is 0 Å². The van der Waals surface area contributed by atoms with Gasteiger partial charge in [-0.15, -0.1) is 0 Å². The van der Waals surface area contributed by atoms with Crippen LogP contribution in [0.5, 0.6) is 0 Å². The van der Waals surface area contributed by atoms with Crippen LogP contribution in [0.2, 0.25) is 0 Å². The molecular weight excluding hydrogens is 336 g/mol. The van der Waals surface area contributed by atoms with E-state index in [1.54, 1.807) is 0 Å². The van der Waals surface area contributed by atoms with E-state index in [1.807, 2.05) is 0 Å². The molecule has 0 amide bonds. The zero-order chi connectivity index (χ0) is 20.5. The molecular formula is C24H42O3.